The molecule has 2 aromatic heterocycles. The highest BCUT2D eigenvalue weighted by Gasteiger charge is 2.37. The maximum atomic E-state index is 15.6. The number of alkyl halides is 2. The van der Waals surface area contributed by atoms with Crippen LogP contribution in [-0.4, -0.2) is 64.8 Å². The lowest BCUT2D eigenvalue weighted by atomic mass is 9.83. The third-order valence-corrected chi connectivity index (χ3v) is 8.62. The van der Waals surface area contributed by atoms with Crippen LogP contribution in [0.15, 0.2) is 41.7 Å². The number of likely N-dealkylation sites (tertiary alicyclic amines) is 1. The number of rotatable bonds is 6. The zero-order valence-electron chi connectivity index (χ0n) is 20.4. The molecule has 4 heterocycles. The minimum Gasteiger partial charge on any atom is -0.385 e. The summed E-state index contributed by atoms with van der Waals surface area (Å²) in [4.78, 5) is 20.5. The predicted octanol–water partition coefficient (Wildman–Crippen LogP) is 4.87. The second-order valence-corrected chi connectivity index (χ2v) is 11.3. The fraction of sp³-hybridized carbons (Fsp3) is 0.481. The van der Waals surface area contributed by atoms with Gasteiger partial charge in [-0.05, 0) is 69.0 Å². The Hall–Kier alpha value is -2.78. The summed E-state index contributed by atoms with van der Waals surface area (Å²) in [5, 5.41) is 6.36. The summed E-state index contributed by atoms with van der Waals surface area (Å²) in [5.74, 6) is -0.0974. The first-order chi connectivity index (χ1) is 17.4. The average Bonchev–Trinajstić information content (AvgIpc) is 3.55. The molecule has 3 aromatic rings. The van der Waals surface area contributed by atoms with Crippen molar-refractivity contribution in [2.45, 2.75) is 50.9 Å². The fourth-order valence-electron chi connectivity index (χ4n) is 5.58. The van der Waals surface area contributed by atoms with E-state index in [2.05, 4.69) is 15.5 Å². The number of benzene rings is 1. The van der Waals surface area contributed by atoms with Crippen molar-refractivity contribution in [3.8, 4) is 0 Å². The van der Waals surface area contributed by atoms with Gasteiger partial charge in [0.05, 0.1) is 15.9 Å². The van der Waals surface area contributed by atoms with Crippen LogP contribution < -0.4 is 10.6 Å². The van der Waals surface area contributed by atoms with Crippen LogP contribution >= 0.6 is 11.3 Å². The van der Waals surface area contributed by atoms with Gasteiger partial charge in [-0.2, -0.15) is 0 Å². The standard InChI is InChI=1S/C27H31F2N5OS/c1-27(29)15-18-5-9-30-21(18)14-20(27)22-16-34-23-4-3-17(13-24(23)36-26(34)32-22)25(35)31-8-2-10-33-11-6-19(28)7-12-33/h3-4,13-14,16,19,30H,2,5-12,15H2,1H3,(H,31,35). The number of amides is 1. The third-order valence-electron chi connectivity index (χ3n) is 7.60. The van der Waals surface area contributed by atoms with Gasteiger partial charge in [-0.25, -0.2) is 13.8 Å². The van der Waals surface area contributed by atoms with Crippen molar-refractivity contribution < 1.29 is 13.6 Å². The molecule has 1 amide bonds. The molecule has 1 aliphatic carbocycles. The number of hydrogen-bond acceptors (Lipinski definition) is 5. The van der Waals surface area contributed by atoms with Crippen molar-refractivity contribution in [1.82, 2.24) is 24.9 Å². The molecule has 3 aliphatic rings. The van der Waals surface area contributed by atoms with Crippen LogP contribution in [0.2, 0.25) is 0 Å². The topological polar surface area (TPSA) is 61.7 Å². The summed E-state index contributed by atoms with van der Waals surface area (Å²) in [6.07, 6.45) is 6.54. The quantitative estimate of drug-likeness (QED) is 0.464. The number of allylic oxidation sites excluding steroid dienone is 2. The Morgan fingerprint density at radius 3 is 3.00 bits per heavy atom. The van der Waals surface area contributed by atoms with Crippen molar-refractivity contribution in [3.63, 3.8) is 0 Å². The molecule has 1 unspecified atom stereocenters. The summed E-state index contributed by atoms with van der Waals surface area (Å²) in [5.41, 5.74) is 3.60. The predicted molar refractivity (Wildman–Crippen MR) is 140 cm³/mol. The molecular formula is C27H31F2N5OS. The molecule has 1 atom stereocenters. The van der Waals surface area contributed by atoms with E-state index < -0.39 is 11.8 Å². The average molecular weight is 512 g/mol. The summed E-state index contributed by atoms with van der Waals surface area (Å²) in [6.45, 7) is 5.57. The van der Waals surface area contributed by atoms with Crippen molar-refractivity contribution in [2.24, 2.45) is 0 Å². The Morgan fingerprint density at radius 2 is 2.17 bits per heavy atom. The zero-order chi connectivity index (χ0) is 24.9. The summed E-state index contributed by atoms with van der Waals surface area (Å²) < 4.78 is 31.8. The van der Waals surface area contributed by atoms with Crippen LogP contribution in [0.25, 0.3) is 20.8 Å². The van der Waals surface area contributed by atoms with Crippen molar-refractivity contribution >= 4 is 38.0 Å². The van der Waals surface area contributed by atoms with Crippen molar-refractivity contribution in [2.75, 3.05) is 32.7 Å². The first-order valence-electron chi connectivity index (χ1n) is 12.8. The maximum absolute atomic E-state index is 15.6. The van der Waals surface area contributed by atoms with Crippen molar-refractivity contribution in [1.29, 1.82) is 0 Å². The molecule has 2 aliphatic heterocycles. The normalized spacial score (nSPS) is 23.2. The molecule has 36 heavy (non-hydrogen) atoms. The number of carbonyl (C=O) groups excluding carboxylic acids is 1. The highest BCUT2D eigenvalue weighted by Crippen LogP contribution is 2.43. The Bertz CT molecular complexity index is 1380. The molecule has 0 bridgehead atoms. The van der Waals surface area contributed by atoms with Gasteiger partial charge < -0.3 is 15.5 Å². The number of nitrogens with zero attached hydrogens (tertiary/aromatic N) is 3. The second-order valence-electron chi connectivity index (χ2n) is 10.3. The molecule has 1 fully saturated rings. The Kier molecular flexibility index (Phi) is 6.08. The maximum Gasteiger partial charge on any atom is 0.251 e. The fourth-order valence-corrected chi connectivity index (χ4v) is 6.63. The lowest BCUT2D eigenvalue weighted by Crippen LogP contribution is -2.36. The van der Waals surface area contributed by atoms with Gasteiger partial charge in [-0.15, -0.1) is 0 Å². The van der Waals surface area contributed by atoms with E-state index in [1.165, 1.54) is 11.3 Å². The van der Waals surface area contributed by atoms with E-state index in [1.807, 2.05) is 34.9 Å². The SMILES string of the molecule is CC1(F)CC2=C(C=C1c1cn3c(n1)sc1cc(C(=O)NCCCN4CCC(F)CC4)ccc13)NCC2. The highest BCUT2D eigenvalue weighted by molar-refractivity contribution is 7.23. The largest absolute Gasteiger partial charge is 0.385 e. The number of hydrogen-bond donors (Lipinski definition) is 2. The van der Waals surface area contributed by atoms with E-state index in [0.717, 1.165) is 65.5 Å². The van der Waals surface area contributed by atoms with E-state index in [9.17, 15) is 9.18 Å². The number of carbonyl (C=O) groups is 1. The van der Waals surface area contributed by atoms with Gasteiger partial charge >= 0.3 is 0 Å². The number of halogens is 2. The molecule has 9 heteroatoms. The van der Waals surface area contributed by atoms with Gasteiger partial charge in [0.2, 0.25) is 0 Å². The van der Waals surface area contributed by atoms with Crippen LogP contribution in [0.3, 0.4) is 0 Å². The van der Waals surface area contributed by atoms with E-state index in [-0.39, 0.29) is 5.91 Å². The van der Waals surface area contributed by atoms with Gasteiger partial charge in [0.15, 0.2) is 4.96 Å². The number of nitrogens with one attached hydrogen (secondary N) is 2. The first kappa shape index (κ1) is 23.6. The van der Waals surface area contributed by atoms with E-state index >= 15 is 4.39 Å². The molecule has 2 N–H and O–H groups in total. The molecule has 1 saturated heterocycles. The minimum absolute atomic E-state index is 0.0974. The van der Waals surface area contributed by atoms with Crippen LogP contribution in [-0.2, 0) is 0 Å². The molecule has 1 aromatic carbocycles. The van der Waals surface area contributed by atoms with Gasteiger partial charge in [0, 0.05) is 55.6 Å². The molecule has 0 spiro atoms. The lowest BCUT2D eigenvalue weighted by Gasteiger charge is -2.28. The number of fused-ring (bicyclic) bond motifs is 3. The van der Waals surface area contributed by atoms with Gasteiger partial charge in [-0.3, -0.25) is 9.20 Å². The minimum atomic E-state index is -1.44. The number of imidazole rings is 1. The van der Waals surface area contributed by atoms with E-state index in [1.54, 1.807) is 6.92 Å². The summed E-state index contributed by atoms with van der Waals surface area (Å²) in [7, 11) is 0. The zero-order valence-corrected chi connectivity index (χ0v) is 21.3. The monoisotopic (exact) mass is 511 g/mol. The Morgan fingerprint density at radius 1 is 1.33 bits per heavy atom. The molecule has 0 saturated carbocycles. The molecule has 190 valence electrons. The Labute approximate surface area is 213 Å². The Balaban J connectivity index is 1.14. The molecule has 6 nitrogen and oxygen atoms in total. The number of aromatic nitrogens is 2. The first-order valence-corrected chi connectivity index (χ1v) is 13.6. The van der Waals surface area contributed by atoms with Crippen LogP contribution in [0, 0.1) is 0 Å². The highest BCUT2D eigenvalue weighted by atomic mass is 32.1. The summed E-state index contributed by atoms with van der Waals surface area (Å²) >= 11 is 1.50. The van der Waals surface area contributed by atoms with Crippen molar-refractivity contribution in [3.05, 3.63) is 53.0 Å². The van der Waals surface area contributed by atoms with Crippen LogP contribution in [0.4, 0.5) is 8.78 Å². The van der Waals surface area contributed by atoms with Gasteiger partial charge in [0.25, 0.3) is 5.91 Å². The van der Waals surface area contributed by atoms with Gasteiger partial charge in [0.1, 0.15) is 11.8 Å². The summed E-state index contributed by atoms with van der Waals surface area (Å²) in [6, 6.07) is 5.66. The van der Waals surface area contributed by atoms with Gasteiger partial charge in [-0.1, -0.05) is 11.3 Å². The number of piperidine rings is 1. The van der Waals surface area contributed by atoms with Crippen LogP contribution in [0.1, 0.15) is 55.1 Å². The van der Waals surface area contributed by atoms with E-state index in [4.69, 9.17) is 4.98 Å². The second kappa shape index (κ2) is 9.27. The smallest absolute Gasteiger partial charge is 0.251 e. The van der Waals surface area contributed by atoms with E-state index in [0.29, 0.717) is 42.6 Å². The third kappa shape index (κ3) is 4.43. The number of thiazole rings is 1. The van der Waals surface area contributed by atoms with Crippen LogP contribution in [0.5, 0.6) is 0 Å². The molecule has 0 radical (unpaired) electrons. The molecule has 6 rings (SSSR count). The lowest BCUT2D eigenvalue weighted by molar-refractivity contribution is 0.0950. The molecular weight excluding hydrogens is 480 g/mol.